The van der Waals surface area contributed by atoms with Crippen LogP contribution in [-0.4, -0.2) is 25.8 Å². The smallest absolute Gasteiger partial charge is 0.303 e. The van der Waals surface area contributed by atoms with E-state index in [0.29, 0.717) is 18.4 Å². The summed E-state index contributed by atoms with van der Waals surface area (Å²) in [6.45, 7) is 0. The summed E-state index contributed by atoms with van der Waals surface area (Å²) in [5, 5.41) is 16.2. The fraction of sp³-hybridized carbons (Fsp3) is 0.727. The van der Waals surface area contributed by atoms with Crippen LogP contribution in [0.25, 0.3) is 0 Å². The number of nitrogens with zero attached hydrogens (tertiary/aromatic N) is 3. The van der Waals surface area contributed by atoms with E-state index < -0.39 is 5.97 Å². The van der Waals surface area contributed by atoms with Crippen LogP contribution in [0.3, 0.4) is 0 Å². The van der Waals surface area contributed by atoms with E-state index >= 15 is 0 Å². The Balaban J connectivity index is 1.76. The molecule has 1 fully saturated rings. The van der Waals surface area contributed by atoms with Gasteiger partial charge in [-0.1, -0.05) is 0 Å². The highest BCUT2D eigenvalue weighted by Crippen LogP contribution is 2.33. The van der Waals surface area contributed by atoms with Gasteiger partial charge in [0.1, 0.15) is 12.7 Å². The Hall–Kier alpha value is -1.39. The molecule has 0 aliphatic heterocycles. The van der Waals surface area contributed by atoms with Gasteiger partial charge in [0.15, 0.2) is 0 Å². The molecule has 1 N–H and O–H groups in total. The molecule has 0 saturated heterocycles. The van der Waals surface area contributed by atoms with Gasteiger partial charge < -0.3 is 9.67 Å². The third-order valence-corrected chi connectivity index (χ3v) is 3.44. The molecule has 5 heteroatoms. The van der Waals surface area contributed by atoms with Gasteiger partial charge in [-0.25, -0.2) is 0 Å². The van der Waals surface area contributed by atoms with Crippen LogP contribution in [0.5, 0.6) is 0 Å². The Kier molecular flexibility index (Phi) is 3.54. The highest BCUT2D eigenvalue weighted by atomic mass is 16.4. The average molecular weight is 223 g/mol. The van der Waals surface area contributed by atoms with Gasteiger partial charge in [-0.3, -0.25) is 4.79 Å². The third kappa shape index (κ3) is 2.81. The van der Waals surface area contributed by atoms with E-state index in [0.717, 1.165) is 32.1 Å². The van der Waals surface area contributed by atoms with Crippen LogP contribution >= 0.6 is 0 Å². The predicted molar refractivity (Wildman–Crippen MR) is 57.9 cm³/mol. The second-order valence-electron chi connectivity index (χ2n) is 4.52. The first-order valence-electron chi connectivity index (χ1n) is 5.81. The lowest BCUT2D eigenvalue weighted by Gasteiger charge is -2.28. The summed E-state index contributed by atoms with van der Waals surface area (Å²) < 4.78 is 2.06. The second-order valence-corrected chi connectivity index (χ2v) is 4.52. The third-order valence-electron chi connectivity index (χ3n) is 3.44. The summed E-state index contributed by atoms with van der Waals surface area (Å²) in [6.07, 6.45) is 9.13. The predicted octanol–water partition coefficient (Wildman–Crippen LogP) is 1.87. The lowest BCUT2D eigenvalue weighted by Crippen LogP contribution is -2.18. The fourth-order valence-corrected chi connectivity index (χ4v) is 2.46. The van der Waals surface area contributed by atoms with Crippen molar-refractivity contribution in [3.05, 3.63) is 12.7 Å². The second kappa shape index (κ2) is 5.09. The Morgan fingerprint density at radius 3 is 2.44 bits per heavy atom. The van der Waals surface area contributed by atoms with Crippen molar-refractivity contribution in [3.8, 4) is 0 Å². The normalized spacial score (nSPS) is 25.5. The van der Waals surface area contributed by atoms with Crippen LogP contribution in [-0.2, 0) is 4.79 Å². The molecule has 88 valence electrons. The van der Waals surface area contributed by atoms with E-state index in [2.05, 4.69) is 14.8 Å². The largest absolute Gasteiger partial charge is 0.481 e. The molecule has 1 aromatic heterocycles. The summed E-state index contributed by atoms with van der Waals surface area (Å²) in [6, 6.07) is 0.510. The van der Waals surface area contributed by atoms with Gasteiger partial charge >= 0.3 is 5.97 Å². The molecule has 0 radical (unpaired) electrons. The molecule has 1 aromatic rings. The topological polar surface area (TPSA) is 68.0 Å². The standard InChI is InChI=1S/C11H17N3O2/c15-11(16)6-3-9-1-4-10(5-2-9)14-7-12-13-8-14/h7-10H,1-6H2,(H,15,16). The van der Waals surface area contributed by atoms with Gasteiger partial charge in [-0.15, -0.1) is 10.2 Å². The lowest BCUT2D eigenvalue weighted by molar-refractivity contribution is -0.137. The van der Waals surface area contributed by atoms with E-state index in [4.69, 9.17) is 5.11 Å². The molecule has 2 rings (SSSR count). The maximum absolute atomic E-state index is 10.5. The van der Waals surface area contributed by atoms with Gasteiger partial charge in [0.05, 0.1) is 0 Å². The van der Waals surface area contributed by atoms with Crippen molar-refractivity contribution in [3.63, 3.8) is 0 Å². The Labute approximate surface area is 94.5 Å². The minimum absolute atomic E-state index is 0.308. The Bertz CT molecular complexity index is 329. The van der Waals surface area contributed by atoms with Crippen molar-refractivity contribution in [1.29, 1.82) is 0 Å². The minimum Gasteiger partial charge on any atom is -0.481 e. The van der Waals surface area contributed by atoms with Crippen molar-refractivity contribution in [2.24, 2.45) is 5.92 Å². The first-order valence-corrected chi connectivity index (χ1v) is 5.81. The zero-order chi connectivity index (χ0) is 11.4. The zero-order valence-corrected chi connectivity index (χ0v) is 9.25. The molecule has 1 aliphatic carbocycles. The number of carboxylic acids is 1. The summed E-state index contributed by atoms with van der Waals surface area (Å²) >= 11 is 0. The van der Waals surface area contributed by atoms with Gasteiger partial charge in [0, 0.05) is 12.5 Å². The molecule has 1 heterocycles. The Morgan fingerprint density at radius 1 is 1.25 bits per heavy atom. The van der Waals surface area contributed by atoms with E-state index in [-0.39, 0.29) is 0 Å². The summed E-state index contributed by atoms with van der Waals surface area (Å²) in [5.74, 6) is -0.0928. The van der Waals surface area contributed by atoms with Crippen LogP contribution < -0.4 is 0 Å². The summed E-state index contributed by atoms with van der Waals surface area (Å²) in [5.41, 5.74) is 0. The Morgan fingerprint density at radius 2 is 1.88 bits per heavy atom. The number of carboxylic acid groups (broad SMARTS) is 1. The van der Waals surface area contributed by atoms with Crippen molar-refractivity contribution < 1.29 is 9.90 Å². The van der Waals surface area contributed by atoms with Crippen LogP contribution in [0, 0.1) is 5.92 Å². The fourth-order valence-electron chi connectivity index (χ4n) is 2.46. The number of rotatable bonds is 4. The highest BCUT2D eigenvalue weighted by Gasteiger charge is 2.22. The summed E-state index contributed by atoms with van der Waals surface area (Å²) in [7, 11) is 0. The van der Waals surface area contributed by atoms with Crippen molar-refractivity contribution >= 4 is 5.97 Å². The zero-order valence-electron chi connectivity index (χ0n) is 9.25. The highest BCUT2D eigenvalue weighted by molar-refractivity contribution is 5.66. The van der Waals surface area contributed by atoms with Gasteiger partial charge in [-0.2, -0.15) is 0 Å². The van der Waals surface area contributed by atoms with E-state index in [1.54, 1.807) is 12.7 Å². The maximum atomic E-state index is 10.5. The quantitative estimate of drug-likeness (QED) is 0.846. The molecule has 1 aliphatic rings. The molecule has 5 nitrogen and oxygen atoms in total. The number of hydrogen-bond donors (Lipinski definition) is 1. The number of hydrogen-bond acceptors (Lipinski definition) is 3. The number of aromatic nitrogens is 3. The van der Waals surface area contributed by atoms with Crippen molar-refractivity contribution in [1.82, 2.24) is 14.8 Å². The molecule has 0 spiro atoms. The molecule has 16 heavy (non-hydrogen) atoms. The first-order chi connectivity index (χ1) is 7.75. The molecule has 1 saturated carbocycles. The molecule has 0 amide bonds. The van der Waals surface area contributed by atoms with Crippen LogP contribution in [0.15, 0.2) is 12.7 Å². The number of carbonyl (C=O) groups is 1. The van der Waals surface area contributed by atoms with Gasteiger partial charge in [0.25, 0.3) is 0 Å². The SMILES string of the molecule is O=C(O)CCC1CCC(n2cnnc2)CC1. The van der Waals surface area contributed by atoms with Crippen LogP contribution in [0.4, 0.5) is 0 Å². The molecular weight excluding hydrogens is 206 g/mol. The van der Waals surface area contributed by atoms with Gasteiger partial charge in [-0.05, 0) is 38.0 Å². The first kappa shape index (κ1) is 11.1. The molecule has 0 unspecified atom stereocenters. The molecule has 0 aromatic carbocycles. The maximum Gasteiger partial charge on any atom is 0.303 e. The molecule has 0 atom stereocenters. The lowest BCUT2D eigenvalue weighted by atomic mass is 9.83. The van der Waals surface area contributed by atoms with Gasteiger partial charge in [0.2, 0.25) is 0 Å². The van der Waals surface area contributed by atoms with E-state index in [9.17, 15) is 4.79 Å². The van der Waals surface area contributed by atoms with E-state index in [1.165, 1.54) is 0 Å². The number of aliphatic carboxylic acids is 1. The van der Waals surface area contributed by atoms with Crippen LogP contribution in [0.2, 0.25) is 0 Å². The van der Waals surface area contributed by atoms with Crippen molar-refractivity contribution in [2.75, 3.05) is 0 Å². The summed E-state index contributed by atoms with van der Waals surface area (Å²) in [4.78, 5) is 10.5. The molecular formula is C11H17N3O2. The minimum atomic E-state index is -0.680. The average Bonchev–Trinajstić information content (AvgIpc) is 2.80. The van der Waals surface area contributed by atoms with E-state index in [1.807, 2.05) is 0 Å². The van der Waals surface area contributed by atoms with Crippen LogP contribution in [0.1, 0.15) is 44.6 Å². The van der Waals surface area contributed by atoms with Crippen molar-refractivity contribution in [2.45, 2.75) is 44.6 Å². The monoisotopic (exact) mass is 223 g/mol. The molecule has 0 bridgehead atoms.